The van der Waals surface area contributed by atoms with Gasteiger partial charge in [-0.3, -0.25) is 4.55 Å². The predicted molar refractivity (Wildman–Crippen MR) is 121 cm³/mol. The van der Waals surface area contributed by atoms with Crippen molar-refractivity contribution in [3.05, 3.63) is 58.6 Å². The van der Waals surface area contributed by atoms with E-state index in [1.807, 2.05) is 59.2 Å². The number of rotatable bonds is 7. The molecule has 0 saturated carbocycles. The standard InChI is InChI=1S/C19H18N2O6S4/c22-30(23,24)11-9-20-14-5-1-3-7-16(14)28-18(20)13-19-21(10-12-31(25,26)27)15-6-2-4-8-17(15)29-19/h1-8,13H,9-12H2,(H-,22,23,24,25,26,27). The highest BCUT2D eigenvalue weighted by Gasteiger charge is 2.28. The van der Waals surface area contributed by atoms with Crippen molar-refractivity contribution in [3.8, 4) is 0 Å². The van der Waals surface area contributed by atoms with Crippen LogP contribution < -0.4 is 9.47 Å². The molecular weight excluding hydrogens is 480 g/mol. The number of fused-ring (bicyclic) bond motifs is 2. The van der Waals surface area contributed by atoms with Crippen LogP contribution in [0.4, 0.5) is 5.69 Å². The number of para-hydroxylation sites is 2. The third-order valence-electron chi connectivity index (χ3n) is 4.66. The molecule has 4 rings (SSSR count). The topological polar surface area (TPSA) is 119 Å². The molecule has 0 aliphatic carbocycles. The van der Waals surface area contributed by atoms with Crippen LogP contribution in [0.25, 0.3) is 16.3 Å². The minimum Gasteiger partial charge on any atom is -0.748 e. The van der Waals surface area contributed by atoms with Crippen molar-refractivity contribution in [1.82, 2.24) is 0 Å². The van der Waals surface area contributed by atoms with Crippen molar-refractivity contribution < 1.29 is 30.5 Å². The summed E-state index contributed by atoms with van der Waals surface area (Å²) in [6, 6.07) is 15.0. The number of anilines is 1. The quantitative estimate of drug-likeness (QED) is 0.390. The van der Waals surface area contributed by atoms with Gasteiger partial charge in [-0.2, -0.15) is 13.0 Å². The molecule has 164 valence electrons. The van der Waals surface area contributed by atoms with E-state index < -0.39 is 31.7 Å². The lowest BCUT2D eigenvalue weighted by Crippen LogP contribution is -2.38. The van der Waals surface area contributed by atoms with E-state index in [2.05, 4.69) is 0 Å². The zero-order valence-electron chi connectivity index (χ0n) is 16.0. The summed E-state index contributed by atoms with van der Waals surface area (Å²) in [5, 5.41) is 1.48. The lowest BCUT2D eigenvalue weighted by Gasteiger charge is -2.21. The number of aryl methyl sites for hydroxylation is 1. The van der Waals surface area contributed by atoms with Crippen molar-refractivity contribution in [1.29, 1.82) is 0 Å². The van der Waals surface area contributed by atoms with Crippen LogP contribution in [0.15, 0.2) is 58.5 Å². The molecule has 12 heteroatoms. The van der Waals surface area contributed by atoms with Crippen LogP contribution in [0.2, 0.25) is 0 Å². The van der Waals surface area contributed by atoms with Crippen LogP contribution in [-0.2, 0) is 26.8 Å². The Morgan fingerprint density at radius 2 is 1.74 bits per heavy atom. The third kappa shape index (κ3) is 5.27. The first-order valence-electron chi connectivity index (χ1n) is 9.17. The number of hydrogen-bond donors (Lipinski definition) is 1. The second-order valence-electron chi connectivity index (χ2n) is 6.81. The largest absolute Gasteiger partial charge is 0.748 e. The van der Waals surface area contributed by atoms with Gasteiger partial charge in [-0.1, -0.05) is 47.4 Å². The highest BCUT2D eigenvalue weighted by Crippen LogP contribution is 2.46. The van der Waals surface area contributed by atoms with Gasteiger partial charge in [0.2, 0.25) is 5.52 Å². The molecule has 0 unspecified atom stereocenters. The summed E-state index contributed by atoms with van der Waals surface area (Å²) in [5.74, 6) is -0.964. The Kier molecular flexibility index (Phi) is 6.12. The molecule has 0 radical (unpaired) electrons. The van der Waals surface area contributed by atoms with E-state index in [9.17, 15) is 25.9 Å². The van der Waals surface area contributed by atoms with Gasteiger partial charge in [0, 0.05) is 17.5 Å². The Labute approximate surface area is 188 Å². The van der Waals surface area contributed by atoms with Crippen LogP contribution in [0.1, 0.15) is 5.01 Å². The number of thioether (sulfide) groups is 1. The second kappa shape index (κ2) is 8.52. The fourth-order valence-electron chi connectivity index (χ4n) is 3.30. The summed E-state index contributed by atoms with van der Waals surface area (Å²) < 4.78 is 68.3. The summed E-state index contributed by atoms with van der Waals surface area (Å²) in [4.78, 5) is 2.72. The van der Waals surface area contributed by atoms with Crippen molar-refractivity contribution in [2.45, 2.75) is 11.4 Å². The van der Waals surface area contributed by atoms with E-state index in [0.29, 0.717) is 0 Å². The summed E-state index contributed by atoms with van der Waals surface area (Å²) in [6.07, 6.45) is 1.86. The van der Waals surface area contributed by atoms with E-state index in [1.165, 1.54) is 23.1 Å². The predicted octanol–water partition coefficient (Wildman–Crippen LogP) is 2.53. The SMILES string of the molecule is O=S(=O)([O-])CCN1/C(=C/c2sc3ccccc3[n+]2CCS(=O)(=O)O)Sc2ccccc21. The molecule has 2 heterocycles. The molecule has 0 spiro atoms. The maximum Gasteiger partial charge on any atom is 0.271 e. The van der Waals surface area contributed by atoms with E-state index >= 15 is 0 Å². The summed E-state index contributed by atoms with van der Waals surface area (Å²) in [6.45, 7) is 0.0755. The fraction of sp³-hybridized carbons (Fsp3) is 0.211. The molecule has 0 atom stereocenters. The van der Waals surface area contributed by atoms with E-state index in [1.54, 1.807) is 4.90 Å². The Balaban J connectivity index is 1.77. The number of nitrogens with zero attached hydrogens (tertiary/aromatic N) is 2. The molecule has 0 saturated heterocycles. The number of thiazole rings is 1. The van der Waals surface area contributed by atoms with Crippen LogP contribution in [-0.4, -0.2) is 44.0 Å². The maximum atomic E-state index is 11.3. The van der Waals surface area contributed by atoms with Crippen LogP contribution in [0, 0.1) is 0 Å². The molecule has 1 aliphatic rings. The van der Waals surface area contributed by atoms with Gasteiger partial charge < -0.3 is 9.45 Å². The summed E-state index contributed by atoms with van der Waals surface area (Å²) in [7, 11) is -8.54. The van der Waals surface area contributed by atoms with Gasteiger partial charge in [0.25, 0.3) is 15.1 Å². The molecule has 1 aromatic heterocycles. The molecule has 0 bridgehead atoms. The fourth-order valence-corrected chi connectivity index (χ4v) is 6.44. The molecule has 0 fully saturated rings. The number of benzene rings is 2. The molecule has 31 heavy (non-hydrogen) atoms. The molecule has 1 N–H and O–H groups in total. The van der Waals surface area contributed by atoms with Crippen molar-refractivity contribution >= 4 is 65.3 Å². The first kappa shape index (κ1) is 22.2. The van der Waals surface area contributed by atoms with Gasteiger partial charge in [-0.15, -0.1) is 0 Å². The van der Waals surface area contributed by atoms with Crippen LogP contribution in [0.3, 0.4) is 0 Å². The first-order chi connectivity index (χ1) is 14.6. The average molecular weight is 499 g/mol. The number of hydrogen-bond acceptors (Lipinski definition) is 8. The maximum absolute atomic E-state index is 11.3. The zero-order chi connectivity index (χ0) is 22.2. The monoisotopic (exact) mass is 498 g/mol. The lowest BCUT2D eigenvalue weighted by molar-refractivity contribution is -0.664. The zero-order valence-corrected chi connectivity index (χ0v) is 19.3. The van der Waals surface area contributed by atoms with Gasteiger partial charge in [0.15, 0.2) is 6.54 Å². The van der Waals surface area contributed by atoms with Gasteiger partial charge in [0.1, 0.15) is 10.5 Å². The summed E-state index contributed by atoms with van der Waals surface area (Å²) >= 11 is 2.90. The van der Waals surface area contributed by atoms with Crippen molar-refractivity contribution in [2.24, 2.45) is 0 Å². The third-order valence-corrected chi connectivity index (χ3v) is 8.26. The minimum absolute atomic E-state index is 0.0115. The summed E-state index contributed by atoms with van der Waals surface area (Å²) in [5.41, 5.74) is 1.64. The van der Waals surface area contributed by atoms with Gasteiger partial charge in [0.05, 0.1) is 32.7 Å². The van der Waals surface area contributed by atoms with Gasteiger partial charge in [-0.25, -0.2) is 8.42 Å². The molecule has 0 amide bonds. The van der Waals surface area contributed by atoms with E-state index in [-0.39, 0.29) is 13.1 Å². The van der Waals surface area contributed by atoms with Gasteiger partial charge >= 0.3 is 0 Å². The smallest absolute Gasteiger partial charge is 0.271 e. The Morgan fingerprint density at radius 1 is 1.03 bits per heavy atom. The van der Waals surface area contributed by atoms with E-state index in [0.717, 1.165) is 30.8 Å². The van der Waals surface area contributed by atoms with Crippen LogP contribution in [0.5, 0.6) is 0 Å². The molecular formula is C19H18N2O6S4. The molecule has 8 nitrogen and oxygen atoms in total. The Hall–Kier alpha value is -1.96. The highest BCUT2D eigenvalue weighted by atomic mass is 32.2. The minimum atomic E-state index is -4.39. The Morgan fingerprint density at radius 3 is 2.48 bits per heavy atom. The first-order valence-corrected chi connectivity index (χ1v) is 14.0. The number of aromatic nitrogens is 1. The lowest BCUT2D eigenvalue weighted by atomic mass is 10.3. The van der Waals surface area contributed by atoms with Gasteiger partial charge in [-0.05, 0) is 18.2 Å². The average Bonchev–Trinajstić information content (AvgIpc) is 3.21. The molecule has 1 aliphatic heterocycles. The Bertz CT molecular complexity index is 1380. The highest BCUT2D eigenvalue weighted by molar-refractivity contribution is 8.04. The van der Waals surface area contributed by atoms with Crippen molar-refractivity contribution in [2.75, 3.05) is 23.0 Å². The molecule has 2 aromatic carbocycles. The second-order valence-corrected chi connectivity index (χ2v) is 12.0. The van der Waals surface area contributed by atoms with Crippen molar-refractivity contribution in [3.63, 3.8) is 0 Å². The molecule has 3 aromatic rings. The van der Waals surface area contributed by atoms with Crippen LogP contribution >= 0.6 is 23.1 Å². The normalized spacial score (nSPS) is 15.7. The van der Waals surface area contributed by atoms with E-state index in [4.69, 9.17) is 0 Å².